The molecule has 1 aromatic heterocycles. The first-order valence-electron chi connectivity index (χ1n) is 4.57. The monoisotopic (exact) mass is 201 g/mol. The van der Waals surface area contributed by atoms with Crippen LogP contribution in [-0.2, 0) is 0 Å². The third-order valence-electron chi connectivity index (χ3n) is 2.29. The van der Waals surface area contributed by atoms with Crippen LogP contribution in [0.3, 0.4) is 0 Å². The maximum Gasteiger partial charge on any atom is 0.150 e. The number of nitrogens with one attached hydrogen (secondary N) is 1. The Morgan fingerprint density at radius 2 is 2.20 bits per heavy atom. The molecule has 15 heavy (non-hydrogen) atoms. The number of aromatic amines is 1. The second-order valence-corrected chi connectivity index (χ2v) is 3.41. The van der Waals surface area contributed by atoms with Gasteiger partial charge >= 0.3 is 0 Å². The van der Waals surface area contributed by atoms with Gasteiger partial charge in [0.2, 0.25) is 0 Å². The molecule has 0 unspecified atom stereocenters. The van der Waals surface area contributed by atoms with E-state index in [9.17, 15) is 4.79 Å². The largest absolute Gasteiger partial charge is 0.384 e. The minimum absolute atomic E-state index is 0.474. The molecule has 1 heterocycles. The van der Waals surface area contributed by atoms with Crippen molar-refractivity contribution in [3.63, 3.8) is 0 Å². The zero-order chi connectivity index (χ0) is 10.8. The van der Waals surface area contributed by atoms with Gasteiger partial charge < -0.3 is 5.73 Å². The highest BCUT2D eigenvalue weighted by Gasteiger charge is 2.09. The fraction of sp³-hybridized carbons (Fsp3) is 0.0909. The molecule has 0 bridgehead atoms. The van der Waals surface area contributed by atoms with E-state index in [4.69, 9.17) is 5.73 Å². The molecule has 4 nitrogen and oxygen atoms in total. The molecule has 1 aromatic carbocycles. The van der Waals surface area contributed by atoms with Crippen molar-refractivity contribution in [3.05, 3.63) is 35.5 Å². The van der Waals surface area contributed by atoms with Crippen molar-refractivity contribution in [2.24, 2.45) is 0 Å². The number of nitrogens with two attached hydrogens (primary N) is 1. The highest BCUT2D eigenvalue weighted by Crippen LogP contribution is 2.26. The Labute approximate surface area is 87.1 Å². The van der Waals surface area contributed by atoms with Gasteiger partial charge in [0.05, 0.1) is 6.20 Å². The fourth-order valence-electron chi connectivity index (χ4n) is 1.54. The van der Waals surface area contributed by atoms with Crippen molar-refractivity contribution in [3.8, 4) is 11.1 Å². The lowest BCUT2D eigenvalue weighted by Crippen LogP contribution is -1.92. The van der Waals surface area contributed by atoms with Gasteiger partial charge in [0.15, 0.2) is 6.29 Å². The van der Waals surface area contributed by atoms with Crippen molar-refractivity contribution in [1.82, 2.24) is 10.2 Å². The van der Waals surface area contributed by atoms with Gasteiger partial charge in [0.1, 0.15) is 5.82 Å². The smallest absolute Gasteiger partial charge is 0.150 e. The highest BCUT2D eigenvalue weighted by molar-refractivity contribution is 5.90. The van der Waals surface area contributed by atoms with E-state index in [0.29, 0.717) is 11.4 Å². The van der Waals surface area contributed by atoms with Gasteiger partial charge in [-0.3, -0.25) is 9.89 Å². The molecule has 76 valence electrons. The Kier molecular flexibility index (Phi) is 2.25. The standard InChI is InChI=1S/C11H11N3O/c1-7-2-3-9(8(4-7)6-15)10-5-13-14-11(10)12/h2-6H,1H3,(H3,12,13,14). The molecule has 0 saturated carbocycles. The van der Waals surface area contributed by atoms with Crippen molar-refractivity contribution in [2.45, 2.75) is 6.92 Å². The number of aryl methyl sites for hydroxylation is 1. The van der Waals surface area contributed by atoms with Gasteiger partial charge in [-0.1, -0.05) is 17.7 Å². The normalized spacial score (nSPS) is 10.2. The number of H-pyrrole nitrogens is 1. The van der Waals surface area contributed by atoms with E-state index < -0.39 is 0 Å². The summed E-state index contributed by atoms with van der Waals surface area (Å²) in [7, 11) is 0. The van der Waals surface area contributed by atoms with Crippen LogP contribution < -0.4 is 5.73 Å². The quantitative estimate of drug-likeness (QED) is 0.727. The maximum absolute atomic E-state index is 10.9. The van der Waals surface area contributed by atoms with Gasteiger partial charge in [-0.05, 0) is 18.6 Å². The molecule has 0 saturated heterocycles. The number of anilines is 1. The molecule has 0 spiro atoms. The predicted molar refractivity (Wildman–Crippen MR) is 58.6 cm³/mol. The number of rotatable bonds is 2. The van der Waals surface area contributed by atoms with E-state index in [-0.39, 0.29) is 0 Å². The van der Waals surface area contributed by atoms with E-state index in [1.807, 2.05) is 25.1 Å². The zero-order valence-electron chi connectivity index (χ0n) is 8.32. The summed E-state index contributed by atoms with van der Waals surface area (Å²) < 4.78 is 0. The number of carbonyl (C=O) groups excluding carboxylic acids is 1. The van der Waals surface area contributed by atoms with Gasteiger partial charge in [-0.2, -0.15) is 5.10 Å². The first-order valence-corrected chi connectivity index (χ1v) is 4.57. The number of hydrogen-bond acceptors (Lipinski definition) is 3. The minimum atomic E-state index is 0.474. The Morgan fingerprint density at radius 1 is 1.40 bits per heavy atom. The number of nitrogens with zero attached hydrogens (tertiary/aromatic N) is 1. The van der Waals surface area contributed by atoms with Gasteiger partial charge in [-0.25, -0.2) is 0 Å². The summed E-state index contributed by atoms with van der Waals surface area (Å²) in [6, 6.07) is 5.64. The van der Waals surface area contributed by atoms with Crippen LogP contribution in [-0.4, -0.2) is 16.5 Å². The molecule has 0 aliphatic rings. The summed E-state index contributed by atoms with van der Waals surface area (Å²) in [5.74, 6) is 0.474. The van der Waals surface area contributed by atoms with Crippen LogP contribution in [0, 0.1) is 6.92 Å². The molecule has 0 atom stereocenters. The average molecular weight is 201 g/mol. The molecule has 0 aliphatic carbocycles. The van der Waals surface area contributed by atoms with Gasteiger partial charge in [0, 0.05) is 11.1 Å². The lowest BCUT2D eigenvalue weighted by Gasteiger charge is -2.04. The number of aldehydes is 1. The molecule has 3 N–H and O–H groups in total. The van der Waals surface area contributed by atoms with Crippen LogP contribution >= 0.6 is 0 Å². The summed E-state index contributed by atoms with van der Waals surface area (Å²) in [5, 5.41) is 6.47. The Morgan fingerprint density at radius 3 is 2.80 bits per heavy atom. The summed E-state index contributed by atoms with van der Waals surface area (Å²) in [6.07, 6.45) is 2.45. The van der Waals surface area contributed by atoms with Crippen LogP contribution in [0.2, 0.25) is 0 Å². The summed E-state index contributed by atoms with van der Waals surface area (Å²) in [4.78, 5) is 10.9. The number of hydrogen-bond donors (Lipinski definition) is 2. The first-order chi connectivity index (χ1) is 7.22. The number of nitrogen functional groups attached to an aromatic ring is 1. The molecule has 2 rings (SSSR count). The predicted octanol–water partition coefficient (Wildman–Crippen LogP) is 1.78. The number of carbonyl (C=O) groups is 1. The molecular formula is C11H11N3O. The molecule has 0 aliphatic heterocycles. The lowest BCUT2D eigenvalue weighted by atomic mass is 10.0. The van der Waals surface area contributed by atoms with E-state index in [2.05, 4.69) is 10.2 Å². The van der Waals surface area contributed by atoms with Crippen LogP contribution in [0.5, 0.6) is 0 Å². The van der Waals surface area contributed by atoms with E-state index >= 15 is 0 Å². The molecule has 2 aromatic rings. The Bertz CT molecular complexity index is 502. The van der Waals surface area contributed by atoms with Crippen molar-refractivity contribution in [2.75, 3.05) is 5.73 Å². The topological polar surface area (TPSA) is 71.8 Å². The third kappa shape index (κ3) is 1.61. The van der Waals surface area contributed by atoms with Crippen molar-refractivity contribution >= 4 is 12.1 Å². The molecular weight excluding hydrogens is 190 g/mol. The van der Waals surface area contributed by atoms with Gasteiger partial charge in [0.25, 0.3) is 0 Å². The maximum atomic E-state index is 10.9. The zero-order valence-corrected chi connectivity index (χ0v) is 8.32. The highest BCUT2D eigenvalue weighted by atomic mass is 16.1. The van der Waals surface area contributed by atoms with Crippen LogP contribution in [0.25, 0.3) is 11.1 Å². The van der Waals surface area contributed by atoms with E-state index in [0.717, 1.165) is 23.0 Å². The van der Waals surface area contributed by atoms with E-state index in [1.165, 1.54) is 0 Å². The average Bonchev–Trinajstić information content (AvgIpc) is 2.64. The molecule has 0 radical (unpaired) electrons. The first kappa shape index (κ1) is 9.45. The number of benzene rings is 1. The second kappa shape index (κ2) is 3.57. The SMILES string of the molecule is Cc1ccc(-c2cn[nH]c2N)c(C=O)c1. The summed E-state index contributed by atoms with van der Waals surface area (Å²) in [6.45, 7) is 1.94. The van der Waals surface area contributed by atoms with E-state index in [1.54, 1.807) is 6.20 Å². The molecule has 4 heteroatoms. The minimum Gasteiger partial charge on any atom is -0.384 e. The van der Waals surface area contributed by atoms with Crippen molar-refractivity contribution < 1.29 is 4.79 Å². The second-order valence-electron chi connectivity index (χ2n) is 3.41. The Balaban J connectivity index is 2.63. The Hall–Kier alpha value is -2.10. The van der Waals surface area contributed by atoms with Crippen LogP contribution in [0.4, 0.5) is 5.82 Å². The number of aromatic nitrogens is 2. The van der Waals surface area contributed by atoms with Crippen molar-refractivity contribution in [1.29, 1.82) is 0 Å². The third-order valence-corrected chi connectivity index (χ3v) is 2.29. The fourth-order valence-corrected chi connectivity index (χ4v) is 1.54. The summed E-state index contributed by atoms with van der Waals surface area (Å²) in [5.41, 5.74) is 8.94. The molecule has 0 amide bonds. The lowest BCUT2D eigenvalue weighted by molar-refractivity contribution is 0.112. The summed E-state index contributed by atoms with van der Waals surface area (Å²) >= 11 is 0. The van der Waals surface area contributed by atoms with Crippen LogP contribution in [0.15, 0.2) is 24.4 Å². The molecule has 0 fully saturated rings. The van der Waals surface area contributed by atoms with Crippen LogP contribution in [0.1, 0.15) is 15.9 Å². The van der Waals surface area contributed by atoms with Gasteiger partial charge in [-0.15, -0.1) is 0 Å².